The number of aliphatic carboxylic acids is 1. The molecular weight excluding hydrogens is 320 g/mol. The van der Waals surface area contributed by atoms with Gasteiger partial charge in [-0.15, -0.1) is 0 Å². The lowest BCUT2D eigenvalue weighted by atomic mass is 10.1. The third-order valence-corrected chi connectivity index (χ3v) is 3.97. The van der Waals surface area contributed by atoms with Gasteiger partial charge in [0.2, 0.25) is 0 Å². The molecule has 2 aromatic carbocycles. The van der Waals surface area contributed by atoms with Crippen molar-refractivity contribution in [3.8, 4) is 0 Å². The average Bonchev–Trinajstić information content (AvgIpc) is 2.99. The Morgan fingerprint density at radius 3 is 2.44 bits per heavy atom. The van der Waals surface area contributed by atoms with Gasteiger partial charge in [-0.25, -0.2) is 4.79 Å². The van der Waals surface area contributed by atoms with Gasteiger partial charge in [0, 0.05) is 23.6 Å². The fourth-order valence-electron chi connectivity index (χ4n) is 2.71. The van der Waals surface area contributed by atoms with Crippen LogP contribution in [-0.2, 0) is 11.3 Å². The topological polar surface area (TPSA) is 91.6 Å². The summed E-state index contributed by atoms with van der Waals surface area (Å²) in [6.45, 7) is 0.277. The molecule has 0 saturated heterocycles. The second kappa shape index (κ2) is 7.19. The summed E-state index contributed by atoms with van der Waals surface area (Å²) in [4.78, 5) is 23.1. The van der Waals surface area contributed by atoms with E-state index in [1.165, 1.54) is 0 Å². The molecule has 3 rings (SSSR count). The summed E-state index contributed by atoms with van der Waals surface area (Å²) in [5.41, 5.74) is 2.47. The van der Waals surface area contributed by atoms with Crippen LogP contribution in [0.5, 0.6) is 0 Å². The first-order valence-corrected chi connectivity index (χ1v) is 7.87. The quantitative estimate of drug-likeness (QED) is 0.640. The molecule has 1 amide bonds. The van der Waals surface area contributed by atoms with Crippen LogP contribution in [0, 0.1) is 0 Å². The summed E-state index contributed by atoms with van der Waals surface area (Å²) in [5.74, 6) is -1.78. The Balaban J connectivity index is 1.88. The fraction of sp³-hybridized carbons (Fsp3) is 0.158. The highest BCUT2D eigenvalue weighted by Gasteiger charge is 2.18. The number of aliphatic hydroxyl groups excluding tert-OH is 1. The number of nitrogens with zero attached hydrogens (tertiary/aromatic N) is 1. The van der Waals surface area contributed by atoms with E-state index in [2.05, 4.69) is 5.32 Å². The molecule has 3 N–H and O–H groups in total. The Kier molecular flexibility index (Phi) is 4.81. The van der Waals surface area contributed by atoms with E-state index in [9.17, 15) is 14.7 Å². The van der Waals surface area contributed by atoms with Crippen molar-refractivity contribution in [2.24, 2.45) is 0 Å². The number of nitrogens with one attached hydrogen (secondary N) is 1. The summed E-state index contributed by atoms with van der Waals surface area (Å²) in [7, 11) is 0. The Hall–Kier alpha value is -3.12. The Morgan fingerprint density at radius 2 is 1.72 bits per heavy atom. The van der Waals surface area contributed by atoms with Gasteiger partial charge in [0.15, 0.2) is 6.10 Å². The third kappa shape index (κ3) is 3.70. The number of fused-ring (bicyclic) bond motifs is 1. The van der Waals surface area contributed by atoms with Crippen LogP contribution < -0.4 is 5.32 Å². The molecule has 0 spiro atoms. The molecule has 1 aromatic heterocycles. The lowest BCUT2D eigenvalue weighted by Crippen LogP contribution is -2.36. The lowest BCUT2D eigenvalue weighted by molar-refractivity contribution is -0.146. The Morgan fingerprint density at radius 1 is 1.04 bits per heavy atom. The van der Waals surface area contributed by atoms with Crippen LogP contribution in [0.3, 0.4) is 0 Å². The average molecular weight is 338 g/mol. The molecule has 6 heteroatoms. The van der Waals surface area contributed by atoms with Crippen LogP contribution in [-0.4, -0.2) is 39.3 Å². The fourth-order valence-corrected chi connectivity index (χ4v) is 2.71. The van der Waals surface area contributed by atoms with Gasteiger partial charge in [-0.05, 0) is 11.6 Å². The summed E-state index contributed by atoms with van der Waals surface area (Å²) in [5, 5.41) is 21.3. The molecule has 25 heavy (non-hydrogen) atoms. The summed E-state index contributed by atoms with van der Waals surface area (Å²) in [6, 6.07) is 17.4. The normalized spacial score (nSPS) is 12.0. The number of hydrogen-bond acceptors (Lipinski definition) is 3. The van der Waals surface area contributed by atoms with Crippen molar-refractivity contribution in [2.45, 2.75) is 12.6 Å². The second-order valence-electron chi connectivity index (χ2n) is 5.74. The van der Waals surface area contributed by atoms with E-state index in [4.69, 9.17) is 5.11 Å². The number of carboxylic acids is 1. The van der Waals surface area contributed by atoms with Crippen molar-refractivity contribution < 1.29 is 19.8 Å². The number of carbonyl (C=O) groups is 2. The van der Waals surface area contributed by atoms with Crippen LogP contribution >= 0.6 is 0 Å². The predicted octanol–water partition coefficient (Wildman–Crippen LogP) is 1.86. The first-order chi connectivity index (χ1) is 12.1. The smallest absolute Gasteiger partial charge is 0.334 e. The maximum Gasteiger partial charge on any atom is 0.334 e. The third-order valence-electron chi connectivity index (χ3n) is 3.97. The van der Waals surface area contributed by atoms with Crippen molar-refractivity contribution >= 4 is 22.8 Å². The minimum absolute atomic E-state index is 0.341. The zero-order valence-electron chi connectivity index (χ0n) is 13.4. The lowest BCUT2D eigenvalue weighted by Gasteiger charge is -2.07. The number of carboxylic acid groups (broad SMARTS) is 1. The molecule has 0 fully saturated rings. The van der Waals surface area contributed by atoms with Gasteiger partial charge in [-0.2, -0.15) is 0 Å². The van der Waals surface area contributed by atoms with Gasteiger partial charge in [0.05, 0.1) is 12.1 Å². The van der Waals surface area contributed by atoms with Crippen molar-refractivity contribution in [1.82, 2.24) is 9.88 Å². The van der Waals surface area contributed by atoms with E-state index < -0.39 is 18.0 Å². The molecule has 0 aliphatic carbocycles. The van der Waals surface area contributed by atoms with Crippen LogP contribution in [0.1, 0.15) is 15.9 Å². The van der Waals surface area contributed by atoms with Crippen LogP contribution in [0.15, 0.2) is 60.8 Å². The van der Waals surface area contributed by atoms with E-state index in [1.54, 1.807) is 6.20 Å². The SMILES string of the molecule is O=C(NC[C@H](O)C(=O)O)c1cn(Cc2ccccc2)c2ccccc12. The predicted molar refractivity (Wildman–Crippen MR) is 93.5 cm³/mol. The van der Waals surface area contributed by atoms with E-state index in [-0.39, 0.29) is 6.54 Å². The second-order valence-corrected chi connectivity index (χ2v) is 5.74. The maximum atomic E-state index is 12.4. The summed E-state index contributed by atoms with van der Waals surface area (Å²) in [6.07, 6.45) is 0.127. The highest BCUT2D eigenvalue weighted by Crippen LogP contribution is 2.22. The van der Waals surface area contributed by atoms with Gasteiger partial charge in [0.25, 0.3) is 5.91 Å². The number of amides is 1. The number of para-hydroxylation sites is 1. The molecule has 0 bridgehead atoms. The molecular formula is C19H18N2O4. The number of hydrogen-bond donors (Lipinski definition) is 3. The molecule has 0 radical (unpaired) electrons. The number of aliphatic hydroxyl groups is 1. The number of aromatic nitrogens is 1. The van der Waals surface area contributed by atoms with Crippen molar-refractivity contribution in [3.63, 3.8) is 0 Å². The standard InChI is InChI=1S/C19H18N2O4/c22-17(19(24)25)10-20-18(23)15-12-21(11-13-6-2-1-3-7-13)16-9-5-4-8-14(15)16/h1-9,12,17,22H,10-11H2,(H,20,23)(H,24,25)/t17-/m0/s1. The van der Waals surface area contributed by atoms with Crippen molar-refractivity contribution in [3.05, 3.63) is 71.9 Å². The van der Waals surface area contributed by atoms with Gasteiger partial charge < -0.3 is 20.1 Å². The van der Waals surface area contributed by atoms with E-state index in [0.717, 1.165) is 16.5 Å². The first-order valence-electron chi connectivity index (χ1n) is 7.87. The zero-order chi connectivity index (χ0) is 17.8. The number of carbonyl (C=O) groups excluding carboxylic acids is 1. The van der Waals surface area contributed by atoms with E-state index in [0.29, 0.717) is 12.1 Å². The molecule has 3 aromatic rings. The Bertz CT molecular complexity index is 902. The summed E-state index contributed by atoms with van der Waals surface area (Å²) >= 11 is 0. The molecule has 1 atom stereocenters. The van der Waals surface area contributed by atoms with Crippen molar-refractivity contribution in [1.29, 1.82) is 0 Å². The summed E-state index contributed by atoms with van der Waals surface area (Å²) < 4.78 is 1.98. The highest BCUT2D eigenvalue weighted by atomic mass is 16.4. The molecule has 128 valence electrons. The minimum Gasteiger partial charge on any atom is -0.479 e. The molecule has 0 aliphatic heterocycles. The van der Waals surface area contributed by atoms with Crippen LogP contribution in [0.4, 0.5) is 0 Å². The van der Waals surface area contributed by atoms with Crippen LogP contribution in [0.25, 0.3) is 10.9 Å². The first kappa shape index (κ1) is 16.7. The van der Waals surface area contributed by atoms with E-state index in [1.807, 2.05) is 59.2 Å². The zero-order valence-corrected chi connectivity index (χ0v) is 13.4. The van der Waals surface area contributed by atoms with Gasteiger partial charge >= 0.3 is 5.97 Å². The number of rotatable bonds is 6. The van der Waals surface area contributed by atoms with Crippen molar-refractivity contribution in [2.75, 3.05) is 6.54 Å². The number of benzene rings is 2. The maximum absolute atomic E-state index is 12.4. The largest absolute Gasteiger partial charge is 0.479 e. The van der Waals surface area contributed by atoms with E-state index >= 15 is 0 Å². The molecule has 6 nitrogen and oxygen atoms in total. The van der Waals surface area contributed by atoms with Crippen LogP contribution in [0.2, 0.25) is 0 Å². The molecule has 0 unspecified atom stereocenters. The minimum atomic E-state index is -1.62. The molecule has 0 saturated carbocycles. The van der Waals surface area contributed by atoms with Gasteiger partial charge in [-0.1, -0.05) is 48.5 Å². The molecule has 0 aliphatic rings. The monoisotopic (exact) mass is 338 g/mol. The molecule has 1 heterocycles. The van der Waals surface area contributed by atoms with Gasteiger partial charge in [-0.3, -0.25) is 4.79 Å². The Labute approximate surface area is 144 Å². The van der Waals surface area contributed by atoms with Gasteiger partial charge in [0.1, 0.15) is 0 Å². The highest BCUT2D eigenvalue weighted by molar-refractivity contribution is 6.07.